The minimum Gasteiger partial charge on any atom is -0.421 e. The maximum atomic E-state index is 13.7. The van der Waals surface area contributed by atoms with E-state index >= 15 is 0 Å². The largest absolute Gasteiger partial charge is 0.507 e. The molecule has 9 nitrogen and oxygen atoms in total. The molecule has 0 atom stereocenters. The predicted octanol–water partition coefficient (Wildman–Crippen LogP) is 4.66. The summed E-state index contributed by atoms with van der Waals surface area (Å²) in [5, 5.41) is -0.102. The molecule has 0 saturated heterocycles. The van der Waals surface area contributed by atoms with Crippen LogP contribution in [0, 0.1) is 0 Å². The van der Waals surface area contributed by atoms with E-state index in [4.69, 9.17) is 0 Å². The van der Waals surface area contributed by atoms with Gasteiger partial charge in [0.2, 0.25) is 0 Å². The Balaban J connectivity index is 1.52. The summed E-state index contributed by atoms with van der Waals surface area (Å²) in [6.45, 7) is 1.50. The number of nitrogens with zero attached hydrogens (tertiary/aromatic N) is 5. The summed E-state index contributed by atoms with van der Waals surface area (Å²) in [5.41, 5.74) is 1.88. The van der Waals surface area contributed by atoms with Crippen LogP contribution in [0.15, 0.2) is 35.5 Å². The first kappa shape index (κ1) is 24.6. The molecule has 200 valence electrons. The topological polar surface area (TPSA) is 101 Å². The molecule has 0 amide bonds. The number of aryl methyl sites for hydroxylation is 1. The summed E-state index contributed by atoms with van der Waals surface area (Å²) in [5.74, 6) is -0.592. The fraction of sp³-hybridized carbons (Fsp3) is 0.375. The van der Waals surface area contributed by atoms with Crippen molar-refractivity contribution in [1.29, 1.82) is 0 Å². The van der Waals surface area contributed by atoms with E-state index in [0.717, 1.165) is 30.7 Å². The number of rotatable bonds is 5. The average Bonchev–Trinajstić information content (AvgIpc) is 3.58. The summed E-state index contributed by atoms with van der Waals surface area (Å²) in [4.78, 5) is 13.5. The first-order chi connectivity index (χ1) is 17.8. The summed E-state index contributed by atoms with van der Waals surface area (Å²) >= 11 is 0. The van der Waals surface area contributed by atoms with Gasteiger partial charge in [-0.2, -0.15) is 17.6 Å². The van der Waals surface area contributed by atoms with Gasteiger partial charge in [0.15, 0.2) is 32.2 Å². The fourth-order valence-electron chi connectivity index (χ4n) is 4.50. The molecular formula is C24H21F4N5O4S. The minimum absolute atomic E-state index is 0.0183. The van der Waals surface area contributed by atoms with Gasteiger partial charge in [-0.15, -0.1) is 0 Å². The van der Waals surface area contributed by atoms with Gasteiger partial charge in [-0.1, -0.05) is 6.92 Å². The van der Waals surface area contributed by atoms with Crippen LogP contribution in [0.1, 0.15) is 31.4 Å². The molecular weight excluding hydrogens is 530 g/mol. The predicted molar refractivity (Wildman–Crippen MR) is 127 cm³/mol. The molecule has 0 spiro atoms. The summed E-state index contributed by atoms with van der Waals surface area (Å²) < 4.78 is 92.6. The van der Waals surface area contributed by atoms with Crippen LogP contribution in [0.25, 0.3) is 33.9 Å². The molecule has 1 aromatic carbocycles. The molecule has 0 N–H and O–H groups in total. The van der Waals surface area contributed by atoms with Gasteiger partial charge in [-0.3, -0.25) is 4.98 Å². The number of ether oxygens (including phenoxy) is 2. The molecule has 2 aliphatic rings. The lowest BCUT2D eigenvalue weighted by atomic mass is 10.2. The lowest BCUT2D eigenvalue weighted by Crippen LogP contribution is -2.52. The first-order valence-electron chi connectivity index (χ1n) is 11.7. The zero-order valence-electron chi connectivity index (χ0n) is 20.4. The first-order valence-corrected chi connectivity index (χ1v) is 13.4. The van der Waals surface area contributed by atoms with Crippen LogP contribution in [0.5, 0.6) is 11.5 Å². The van der Waals surface area contributed by atoms with Crippen molar-refractivity contribution in [3.05, 3.63) is 36.2 Å². The van der Waals surface area contributed by atoms with Crippen molar-refractivity contribution in [1.82, 2.24) is 24.1 Å². The zero-order chi connectivity index (χ0) is 27.2. The third-order valence-electron chi connectivity index (χ3n) is 6.73. The molecule has 1 aliphatic heterocycles. The van der Waals surface area contributed by atoms with E-state index < -0.39 is 33.6 Å². The maximum Gasteiger partial charge on any atom is 0.507 e. The second kappa shape index (κ2) is 7.91. The fourth-order valence-corrected chi connectivity index (χ4v) is 5.71. The monoisotopic (exact) mass is 551 g/mol. The number of hydrogen-bond acceptors (Lipinski definition) is 7. The number of fused-ring (bicyclic) bond motifs is 2. The molecule has 0 radical (unpaired) electrons. The Labute approximate surface area is 214 Å². The van der Waals surface area contributed by atoms with Gasteiger partial charge in [-0.05, 0) is 25.0 Å². The molecule has 0 bridgehead atoms. The molecule has 6 rings (SSSR count). The lowest BCUT2D eigenvalue weighted by molar-refractivity contribution is -0.391. The number of halogens is 4. The highest BCUT2D eigenvalue weighted by atomic mass is 32.2. The Kier molecular flexibility index (Phi) is 5.13. The Morgan fingerprint density at radius 2 is 1.63 bits per heavy atom. The van der Waals surface area contributed by atoms with Crippen molar-refractivity contribution < 1.29 is 35.5 Å². The molecule has 1 saturated carbocycles. The van der Waals surface area contributed by atoms with Crippen molar-refractivity contribution >= 4 is 20.9 Å². The Bertz CT molecular complexity index is 1710. The van der Waals surface area contributed by atoms with Crippen LogP contribution < -0.4 is 9.47 Å². The summed E-state index contributed by atoms with van der Waals surface area (Å²) in [7, 11) is -0.738. The highest BCUT2D eigenvalue weighted by Gasteiger charge is 2.66. The van der Waals surface area contributed by atoms with Gasteiger partial charge in [0.25, 0.3) is 0 Å². The Morgan fingerprint density at radius 1 is 0.974 bits per heavy atom. The van der Waals surface area contributed by atoms with E-state index in [-0.39, 0.29) is 33.3 Å². The third kappa shape index (κ3) is 3.64. The van der Waals surface area contributed by atoms with E-state index in [2.05, 4.69) is 24.4 Å². The van der Waals surface area contributed by atoms with E-state index in [1.807, 2.05) is 12.1 Å². The second-order valence-electron chi connectivity index (χ2n) is 9.32. The maximum absolute atomic E-state index is 13.7. The van der Waals surface area contributed by atoms with Crippen LogP contribution in [0.2, 0.25) is 0 Å². The molecule has 14 heteroatoms. The van der Waals surface area contributed by atoms with Crippen molar-refractivity contribution in [2.45, 2.75) is 42.9 Å². The van der Waals surface area contributed by atoms with Gasteiger partial charge in [0.05, 0.1) is 16.8 Å². The number of aromatic nitrogens is 5. The van der Waals surface area contributed by atoms with E-state index in [9.17, 15) is 26.0 Å². The second-order valence-corrected chi connectivity index (χ2v) is 11.5. The average molecular weight is 552 g/mol. The van der Waals surface area contributed by atoms with Crippen molar-refractivity contribution in [2.75, 3.05) is 5.75 Å². The van der Waals surface area contributed by atoms with Crippen molar-refractivity contribution in [3.63, 3.8) is 0 Å². The van der Waals surface area contributed by atoms with Crippen molar-refractivity contribution in [2.24, 2.45) is 14.1 Å². The molecule has 0 unspecified atom stereocenters. The third-order valence-corrected chi connectivity index (χ3v) is 8.55. The zero-order valence-corrected chi connectivity index (χ0v) is 21.2. The van der Waals surface area contributed by atoms with Gasteiger partial charge < -0.3 is 18.6 Å². The normalized spacial score (nSPS) is 18.2. The van der Waals surface area contributed by atoms with Crippen LogP contribution >= 0.6 is 0 Å². The van der Waals surface area contributed by atoms with E-state index in [0.29, 0.717) is 17.3 Å². The summed E-state index contributed by atoms with van der Waals surface area (Å²) in [6, 6.07) is 5.84. The quantitative estimate of drug-likeness (QED) is 0.333. The SMILES string of the molecule is CCS(=O)(=O)c1c(-c2nc3cc4c(cc3n2C)OC(F)(F)C(F)(F)O4)nc(-c2ccc(C3CC3)nc2)n1C. The highest BCUT2D eigenvalue weighted by molar-refractivity contribution is 7.91. The Hall–Kier alpha value is -3.68. The number of benzene rings is 1. The molecule has 3 aromatic heterocycles. The number of imidazole rings is 2. The number of hydrogen-bond donors (Lipinski definition) is 0. The minimum atomic E-state index is -4.88. The standard InChI is InChI=1S/C24H21F4N5O4S/c1-4-38(34,35)22-19(31-20(33(22)3)13-7-8-14(29-11-13)12-5-6-12)21-30-15-9-17-18(10-16(15)32(21)2)37-24(27,28)23(25,26)36-17/h7-12H,4-6H2,1-3H3. The van der Waals surface area contributed by atoms with Gasteiger partial charge in [-0.25, -0.2) is 18.4 Å². The molecule has 4 heterocycles. The van der Waals surface area contributed by atoms with Crippen molar-refractivity contribution in [3.8, 4) is 34.4 Å². The molecule has 1 aliphatic carbocycles. The van der Waals surface area contributed by atoms with E-state index in [1.54, 1.807) is 13.2 Å². The molecule has 4 aromatic rings. The highest BCUT2D eigenvalue weighted by Crippen LogP contribution is 2.48. The lowest BCUT2D eigenvalue weighted by Gasteiger charge is -2.31. The van der Waals surface area contributed by atoms with Crippen LogP contribution in [0.4, 0.5) is 17.6 Å². The smallest absolute Gasteiger partial charge is 0.421 e. The Morgan fingerprint density at radius 3 is 2.21 bits per heavy atom. The van der Waals surface area contributed by atoms with E-state index in [1.165, 1.54) is 23.1 Å². The van der Waals surface area contributed by atoms with Gasteiger partial charge in [0.1, 0.15) is 11.5 Å². The van der Waals surface area contributed by atoms with Crippen LogP contribution in [0.3, 0.4) is 0 Å². The van der Waals surface area contributed by atoms with Gasteiger partial charge in [0, 0.05) is 49.6 Å². The molecule has 1 fully saturated rings. The number of pyridine rings is 1. The van der Waals surface area contributed by atoms with Gasteiger partial charge >= 0.3 is 12.2 Å². The van der Waals surface area contributed by atoms with Crippen LogP contribution in [-0.2, 0) is 23.9 Å². The summed E-state index contributed by atoms with van der Waals surface area (Å²) in [6.07, 6.45) is -5.96. The van der Waals surface area contributed by atoms with Crippen LogP contribution in [-0.4, -0.2) is 50.5 Å². The number of alkyl halides is 4. The molecule has 38 heavy (non-hydrogen) atoms. The number of sulfone groups is 1.